The minimum absolute atomic E-state index is 0.0372. The lowest BCUT2D eigenvalue weighted by molar-refractivity contribution is -0.117. The van der Waals surface area contributed by atoms with Crippen LogP contribution in [-0.2, 0) is 4.79 Å². The monoisotopic (exact) mass is 280 g/mol. The molecule has 0 bridgehead atoms. The number of hydrogen-bond donors (Lipinski definition) is 2. The summed E-state index contributed by atoms with van der Waals surface area (Å²) >= 11 is 0. The number of benzene rings is 1. The largest absolute Gasteiger partial charge is 0.454 e. The van der Waals surface area contributed by atoms with E-state index < -0.39 is 0 Å². The molecule has 110 valence electrons. The number of carbonyl (C=O) groups is 1. The molecule has 1 aliphatic rings. The van der Waals surface area contributed by atoms with E-state index in [0.717, 1.165) is 0 Å². The Bertz CT molecular complexity index is 476. The first-order valence-corrected chi connectivity index (χ1v) is 6.64. The van der Waals surface area contributed by atoms with Crippen LogP contribution in [0.4, 0.5) is 5.69 Å². The summed E-state index contributed by atoms with van der Waals surface area (Å²) in [5.41, 5.74) is 0.673. The Hall–Kier alpha value is -1.79. The maximum Gasteiger partial charge on any atom is 0.238 e. The molecule has 0 fully saturated rings. The number of ether oxygens (including phenoxy) is 2. The van der Waals surface area contributed by atoms with Crippen molar-refractivity contribution in [1.82, 2.24) is 4.90 Å². The fourth-order valence-electron chi connectivity index (χ4n) is 2.01. The smallest absolute Gasteiger partial charge is 0.238 e. The van der Waals surface area contributed by atoms with Crippen molar-refractivity contribution in [2.24, 2.45) is 0 Å². The van der Waals surface area contributed by atoms with Crippen molar-refractivity contribution in [3.63, 3.8) is 0 Å². The highest BCUT2D eigenvalue weighted by Crippen LogP contribution is 2.34. The zero-order valence-electron chi connectivity index (χ0n) is 11.8. The lowest BCUT2D eigenvalue weighted by Crippen LogP contribution is -2.39. The van der Waals surface area contributed by atoms with E-state index in [1.54, 1.807) is 18.2 Å². The minimum atomic E-state index is -0.119. The molecule has 6 heteroatoms. The van der Waals surface area contributed by atoms with E-state index >= 15 is 0 Å². The van der Waals surface area contributed by atoms with Gasteiger partial charge in [0.25, 0.3) is 0 Å². The van der Waals surface area contributed by atoms with Gasteiger partial charge in [0.05, 0.1) is 13.2 Å². The van der Waals surface area contributed by atoms with Gasteiger partial charge in [-0.3, -0.25) is 9.69 Å². The van der Waals surface area contributed by atoms with Crippen molar-refractivity contribution in [2.45, 2.75) is 19.9 Å². The van der Waals surface area contributed by atoms with Crippen molar-refractivity contribution >= 4 is 11.6 Å². The van der Waals surface area contributed by atoms with Gasteiger partial charge in [-0.2, -0.15) is 0 Å². The minimum Gasteiger partial charge on any atom is -0.454 e. The Kier molecular flexibility index (Phi) is 4.81. The average molecular weight is 280 g/mol. The molecule has 0 saturated carbocycles. The summed E-state index contributed by atoms with van der Waals surface area (Å²) in [5, 5.41) is 11.8. The number of nitrogens with one attached hydrogen (secondary N) is 1. The van der Waals surface area contributed by atoms with Gasteiger partial charge in [-0.15, -0.1) is 0 Å². The summed E-state index contributed by atoms with van der Waals surface area (Å²) in [5.74, 6) is 1.21. The molecular formula is C14H20N2O4. The summed E-state index contributed by atoms with van der Waals surface area (Å²) in [6.45, 7) is 4.95. The third kappa shape index (κ3) is 3.61. The van der Waals surface area contributed by atoms with Crippen LogP contribution >= 0.6 is 0 Å². The van der Waals surface area contributed by atoms with E-state index in [-0.39, 0.29) is 31.9 Å². The lowest BCUT2D eigenvalue weighted by atomic mass is 10.2. The van der Waals surface area contributed by atoms with Crippen molar-refractivity contribution in [3.8, 4) is 11.5 Å². The number of aliphatic hydroxyl groups is 1. The van der Waals surface area contributed by atoms with Crippen molar-refractivity contribution in [2.75, 3.05) is 31.8 Å². The van der Waals surface area contributed by atoms with Crippen LogP contribution in [0, 0.1) is 0 Å². The normalized spacial score (nSPS) is 13.1. The average Bonchev–Trinajstić information content (AvgIpc) is 2.85. The molecule has 6 nitrogen and oxygen atoms in total. The maximum absolute atomic E-state index is 12.0. The van der Waals surface area contributed by atoms with Gasteiger partial charge < -0.3 is 19.9 Å². The fourth-order valence-corrected chi connectivity index (χ4v) is 2.01. The summed E-state index contributed by atoms with van der Waals surface area (Å²) in [7, 11) is 0. The predicted octanol–water partition coefficient (Wildman–Crippen LogP) is 1.06. The van der Waals surface area contributed by atoms with Crippen LogP contribution < -0.4 is 14.8 Å². The van der Waals surface area contributed by atoms with Crippen LogP contribution in [0.25, 0.3) is 0 Å². The Balaban J connectivity index is 1.94. The molecule has 0 aliphatic carbocycles. The van der Waals surface area contributed by atoms with Gasteiger partial charge in [-0.25, -0.2) is 0 Å². The van der Waals surface area contributed by atoms with Gasteiger partial charge in [-0.05, 0) is 26.0 Å². The number of carbonyl (C=O) groups excluding carboxylic acids is 1. The number of aliphatic hydroxyl groups excluding tert-OH is 1. The summed E-state index contributed by atoms with van der Waals surface area (Å²) in [4.78, 5) is 13.9. The molecule has 1 amide bonds. The number of amides is 1. The van der Waals surface area contributed by atoms with E-state index in [1.165, 1.54) is 0 Å². The zero-order valence-corrected chi connectivity index (χ0v) is 11.8. The van der Waals surface area contributed by atoms with Crippen LogP contribution in [0.1, 0.15) is 13.8 Å². The number of hydrogen-bond acceptors (Lipinski definition) is 5. The molecule has 1 aromatic carbocycles. The molecule has 0 spiro atoms. The van der Waals surface area contributed by atoms with Gasteiger partial charge in [0, 0.05) is 24.3 Å². The van der Waals surface area contributed by atoms with Crippen LogP contribution in [0.5, 0.6) is 11.5 Å². The first-order chi connectivity index (χ1) is 9.60. The van der Waals surface area contributed by atoms with Gasteiger partial charge in [-0.1, -0.05) is 0 Å². The first kappa shape index (κ1) is 14.6. The maximum atomic E-state index is 12.0. The van der Waals surface area contributed by atoms with Gasteiger partial charge in [0.1, 0.15) is 0 Å². The Morgan fingerprint density at radius 2 is 2.15 bits per heavy atom. The highest BCUT2D eigenvalue weighted by Gasteiger charge is 2.16. The second-order valence-corrected chi connectivity index (χ2v) is 4.90. The molecule has 1 heterocycles. The van der Waals surface area contributed by atoms with E-state index in [1.807, 2.05) is 18.7 Å². The quantitative estimate of drug-likeness (QED) is 0.815. The predicted molar refractivity (Wildman–Crippen MR) is 75.0 cm³/mol. The van der Waals surface area contributed by atoms with E-state index in [4.69, 9.17) is 14.6 Å². The third-order valence-corrected chi connectivity index (χ3v) is 3.12. The molecule has 0 radical (unpaired) electrons. The summed E-state index contributed by atoms with van der Waals surface area (Å²) < 4.78 is 10.5. The second kappa shape index (κ2) is 6.58. The van der Waals surface area contributed by atoms with Crippen molar-refractivity contribution < 1.29 is 19.4 Å². The zero-order chi connectivity index (χ0) is 14.5. The topological polar surface area (TPSA) is 71.0 Å². The molecule has 1 aliphatic heterocycles. The Morgan fingerprint density at radius 1 is 1.40 bits per heavy atom. The van der Waals surface area contributed by atoms with Crippen LogP contribution in [0.2, 0.25) is 0 Å². The fraction of sp³-hybridized carbons (Fsp3) is 0.500. The third-order valence-electron chi connectivity index (χ3n) is 3.12. The first-order valence-electron chi connectivity index (χ1n) is 6.64. The summed E-state index contributed by atoms with van der Waals surface area (Å²) in [6.07, 6.45) is 0. The molecule has 0 aromatic heterocycles. The number of rotatable bonds is 6. The molecule has 20 heavy (non-hydrogen) atoms. The highest BCUT2D eigenvalue weighted by molar-refractivity contribution is 5.92. The van der Waals surface area contributed by atoms with E-state index in [0.29, 0.717) is 23.7 Å². The molecule has 0 unspecified atom stereocenters. The Morgan fingerprint density at radius 3 is 2.85 bits per heavy atom. The SMILES string of the molecule is CC(C)N(CCO)CC(=O)Nc1ccc2c(c1)OCO2. The van der Waals surface area contributed by atoms with Crippen molar-refractivity contribution in [3.05, 3.63) is 18.2 Å². The summed E-state index contributed by atoms with van der Waals surface area (Å²) in [6, 6.07) is 5.49. The number of anilines is 1. The number of fused-ring (bicyclic) bond motifs is 1. The number of nitrogens with zero attached hydrogens (tertiary/aromatic N) is 1. The Labute approximate surface area is 118 Å². The van der Waals surface area contributed by atoms with Crippen molar-refractivity contribution in [1.29, 1.82) is 0 Å². The van der Waals surface area contributed by atoms with Gasteiger partial charge in [0.15, 0.2) is 11.5 Å². The molecule has 1 aromatic rings. The van der Waals surface area contributed by atoms with Crippen LogP contribution in [0.15, 0.2) is 18.2 Å². The standard InChI is InChI=1S/C14H20N2O4/c1-10(2)16(5-6-17)8-14(18)15-11-3-4-12-13(7-11)20-9-19-12/h3-4,7,10,17H,5-6,8-9H2,1-2H3,(H,15,18). The van der Waals surface area contributed by atoms with Crippen LogP contribution in [0.3, 0.4) is 0 Å². The highest BCUT2D eigenvalue weighted by atomic mass is 16.7. The second-order valence-electron chi connectivity index (χ2n) is 4.90. The van der Waals surface area contributed by atoms with E-state index in [2.05, 4.69) is 5.32 Å². The molecule has 0 saturated heterocycles. The van der Waals surface area contributed by atoms with Crippen LogP contribution in [-0.4, -0.2) is 48.4 Å². The molecular weight excluding hydrogens is 260 g/mol. The van der Waals surface area contributed by atoms with Gasteiger partial charge >= 0.3 is 0 Å². The molecule has 0 atom stereocenters. The lowest BCUT2D eigenvalue weighted by Gasteiger charge is -2.24. The van der Waals surface area contributed by atoms with Gasteiger partial charge in [0.2, 0.25) is 12.7 Å². The van der Waals surface area contributed by atoms with E-state index in [9.17, 15) is 4.79 Å². The molecule has 2 rings (SSSR count). The molecule has 2 N–H and O–H groups in total.